The minimum atomic E-state index is -0.960. The Morgan fingerprint density at radius 1 is 0.902 bits per heavy atom. The van der Waals surface area contributed by atoms with E-state index in [9.17, 15) is 24.3 Å². The highest BCUT2D eigenvalue weighted by molar-refractivity contribution is 5.92. The molecule has 7 rings (SSSR count). The number of urea groups is 1. The quantitative estimate of drug-likeness (QED) is 0.212. The van der Waals surface area contributed by atoms with Crippen LogP contribution in [0.5, 0.6) is 5.75 Å². The Hall–Kier alpha value is -6.20. The Morgan fingerprint density at radius 3 is 2.35 bits per heavy atom. The van der Waals surface area contributed by atoms with Gasteiger partial charge in [-0.3, -0.25) is 14.4 Å². The van der Waals surface area contributed by atoms with E-state index in [0.29, 0.717) is 22.3 Å². The highest BCUT2D eigenvalue weighted by Crippen LogP contribution is 2.31. The average Bonchev–Trinajstić information content (AvgIpc) is 3.14. The fourth-order valence-corrected chi connectivity index (χ4v) is 6.86. The molecule has 2 saturated heterocycles. The van der Waals surface area contributed by atoms with Gasteiger partial charge in [0, 0.05) is 43.2 Å². The number of rotatable bonds is 9. The van der Waals surface area contributed by atoms with Gasteiger partial charge in [-0.15, -0.1) is 6.58 Å². The molecule has 0 spiro atoms. The number of piperazine rings is 1. The predicted molar refractivity (Wildman–Crippen MR) is 192 cm³/mol. The number of aromatic hydroxyl groups is 1. The monoisotopic (exact) mass is 683 g/mol. The molecule has 258 valence electrons. The van der Waals surface area contributed by atoms with Crippen LogP contribution in [0.1, 0.15) is 16.7 Å². The summed E-state index contributed by atoms with van der Waals surface area (Å²) in [7, 11) is 0. The van der Waals surface area contributed by atoms with E-state index in [1.54, 1.807) is 40.3 Å². The van der Waals surface area contributed by atoms with Gasteiger partial charge < -0.3 is 24.6 Å². The topological polar surface area (TPSA) is 127 Å². The molecule has 0 saturated carbocycles. The molecule has 1 aromatic heterocycles. The predicted octanol–water partition coefficient (Wildman–Crippen LogP) is 4.90. The van der Waals surface area contributed by atoms with Crippen LogP contribution in [0, 0.1) is 0 Å². The molecule has 0 aliphatic carbocycles. The van der Waals surface area contributed by atoms with Gasteiger partial charge in [0.2, 0.25) is 11.8 Å². The van der Waals surface area contributed by atoms with E-state index >= 15 is 0 Å². The molecule has 0 radical (unpaired) electrons. The minimum Gasteiger partial charge on any atom is -0.508 e. The lowest BCUT2D eigenvalue weighted by Gasteiger charge is -2.55. The van der Waals surface area contributed by atoms with Crippen LogP contribution in [0.3, 0.4) is 0 Å². The number of phenols is 1. The maximum Gasteiger partial charge on any atom is 0.334 e. The fraction of sp³-hybridized carbons (Fsp3) is 0.200. The molecule has 4 aromatic carbocycles. The van der Waals surface area contributed by atoms with E-state index in [0.717, 1.165) is 16.7 Å². The minimum absolute atomic E-state index is 0.00203. The van der Waals surface area contributed by atoms with E-state index in [1.807, 2.05) is 66.7 Å². The Kier molecular flexibility index (Phi) is 9.36. The maximum absolute atomic E-state index is 14.5. The highest BCUT2D eigenvalue weighted by atomic mass is 16.3. The third kappa shape index (κ3) is 6.84. The number of hydrazine groups is 1. The number of nitrogens with zero attached hydrogens (tertiary/aromatic N) is 4. The highest BCUT2D eigenvalue weighted by Gasteiger charge is 2.51. The second-order valence-electron chi connectivity index (χ2n) is 12.6. The van der Waals surface area contributed by atoms with Crippen molar-refractivity contribution in [1.82, 2.24) is 25.1 Å². The zero-order valence-corrected chi connectivity index (χ0v) is 27.9. The molecule has 0 bridgehead atoms. The summed E-state index contributed by atoms with van der Waals surface area (Å²) in [4.78, 5) is 59.0. The number of carbonyl (C=O) groups is 3. The van der Waals surface area contributed by atoms with Crippen LogP contribution in [-0.2, 0) is 29.1 Å². The molecule has 11 nitrogen and oxygen atoms in total. The Bertz CT molecular complexity index is 2140. The van der Waals surface area contributed by atoms with Crippen LogP contribution in [0.4, 0.5) is 4.79 Å². The normalized spacial score (nSPS) is 17.8. The summed E-state index contributed by atoms with van der Waals surface area (Å²) in [5.74, 6) is -0.125. The second kappa shape index (κ2) is 14.3. The summed E-state index contributed by atoms with van der Waals surface area (Å²) >= 11 is 0. The largest absolute Gasteiger partial charge is 0.508 e. The van der Waals surface area contributed by atoms with E-state index in [1.165, 1.54) is 28.1 Å². The van der Waals surface area contributed by atoms with Crippen molar-refractivity contribution in [3.8, 4) is 17.1 Å². The van der Waals surface area contributed by atoms with Crippen molar-refractivity contribution < 1.29 is 23.9 Å². The van der Waals surface area contributed by atoms with Crippen LogP contribution < -0.4 is 10.7 Å². The van der Waals surface area contributed by atoms with Gasteiger partial charge in [-0.05, 0) is 29.3 Å². The molecule has 51 heavy (non-hydrogen) atoms. The van der Waals surface area contributed by atoms with Gasteiger partial charge in [-0.2, -0.15) is 0 Å². The van der Waals surface area contributed by atoms with Crippen LogP contribution >= 0.6 is 0 Å². The van der Waals surface area contributed by atoms with Gasteiger partial charge in [0.1, 0.15) is 29.3 Å². The van der Waals surface area contributed by atoms with Crippen molar-refractivity contribution in [2.45, 2.75) is 31.7 Å². The van der Waals surface area contributed by atoms with E-state index in [-0.39, 0.29) is 62.1 Å². The average molecular weight is 684 g/mol. The first-order valence-corrected chi connectivity index (χ1v) is 16.8. The van der Waals surface area contributed by atoms with Crippen LogP contribution in [-0.4, -0.2) is 74.6 Å². The summed E-state index contributed by atoms with van der Waals surface area (Å²) in [6.07, 6.45) is 0.924. The molecule has 2 atom stereocenters. The number of hydrogen-bond donors (Lipinski definition) is 2. The Labute approximate surface area is 294 Å². The Balaban J connectivity index is 1.28. The molecule has 2 N–H and O–H groups in total. The summed E-state index contributed by atoms with van der Waals surface area (Å²) in [5.41, 5.74) is 3.14. The lowest BCUT2D eigenvalue weighted by atomic mass is 9.98. The van der Waals surface area contributed by atoms with Gasteiger partial charge in [0.05, 0.1) is 18.5 Å². The van der Waals surface area contributed by atoms with Gasteiger partial charge >= 0.3 is 6.03 Å². The van der Waals surface area contributed by atoms with Gasteiger partial charge in [0.15, 0.2) is 5.43 Å². The van der Waals surface area contributed by atoms with E-state index in [2.05, 4.69) is 11.9 Å². The van der Waals surface area contributed by atoms with E-state index < -0.39 is 18.2 Å². The molecule has 11 heteroatoms. The zero-order valence-electron chi connectivity index (χ0n) is 27.9. The van der Waals surface area contributed by atoms with Gasteiger partial charge in [-0.25, -0.2) is 14.8 Å². The number of phenolic OH excluding ortho intramolecular Hbond substituents is 1. The lowest BCUT2D eigenvalue weighted by molar-refractivity contribution is -0.189. The van der Waals surface area contributed by atoms with E-state index in [4.69, 9.17) is 4.42 Å². The van der Waals surface area contributed by atoms with Crippen molar-refractivity contribution in [2.75, 3.05) is 19.6 Å². The molecule has 5 aromatic rings. The third-order valence-electron chi connectivity index (χ3n) is 9.29. The zero-order chi connectivity index (χ0) is 35.5. The third-order valence-corrected chi connectivity index (χ3v) is 9.29. The number of para-hydroxylation sites is 1. The molecular weight excluding hydrogens is 646 g/mol. The number of carbonyl (C=O) groups excluding carboxylic acids is 3. The number of nitrogens with one attached hydrogen (secondary N) is 1. The smallest absolute Gasteiger partial charge is 0.334 e. The van der Waals surface area contributed by atoms with Gasteiger partial charge in [-0.1, -0.05) is 91.0 Å². The van der Waals surface area contributed by atoms with Crippen molar-refractivity contribution in [3.05, 3.63) is 149 Å². The van der Waals surface area contributed by atoms with Gasteiger partial charge in [0.25, 0.3) is 0 Å². The fourth-order valence-electron chi connectivity index (χ4n) is 6.86. The summed E-state index contributed by atoms with van der Waals surface area (Å²) < 4.78 is 6.36. The first kappa shape index (κ1) is 33.3. The van der Waals surface area contributed by atoms with Crippen molar-refractivity contribution >= 4 is 28.8 Å². The van der Waals surface area contributed by atoms with Crippen LogP contribution in [0.15, 0.2) is 131 Å². The number of amides is 4. The molecule has 2 aliphatic heterocycles. The standard InChI is InChI=1S/C40H37N5O6/c1-2-20-43-26-37(48)44-33(21-27-16-18-31(46)19-17-27)39(49)42(25-36(44)45(43)40(50)41-23-28-10-5-3-6-11-28)24-30-14-9-15-32-34(47)22-35(51-38(30)32)29-12-7-4-8-13-29/h2-19,22,33,36,46H,1,20-21,23-26H2,(H,41,50). The number of fused-ring (bicyclic) bond motifs is 2. The van der Waals surface area contributed by atoms with Crippen molar-refractivity contribution in [3.63, 3.8) is 0 Å². The second-order valence-corrected chi connectivity index (χ2v) is 12.6. The summed E-state index contributed by atoms with van der Waals surface area (Å²) in [6, 6.07) is 30.7. The molecule has 4 amide bonds. The molecule has 2 unspecified atom stereocenters. The van der Waals surface area contributed by atoms with Crippen LogP contribution in [0.25, 0.3) is 22.3 Å². The molecule has 3 heterocycles. The molecule has 2 fully saturated rings. The first-order chi connectivity index (χ1) is 24.8. The molecule has 2 aliphatic rings. The van der Waals surface area contributed by atoms with Crippen molar-refractivity contribution in [2.24, 2.45) is 0 Å². The SMILES string of the molecule is C=CCN1CC(=O)N2C(Cc3ccc(O)cc3)C(=O)N(Cc3cccc4c(=O)cc(-c5ccccc5)oc34)CC2N1C(=O)NCc1ccccc1. The lowest BCUT2D eigenvalue weighted by Crippen LogP contribution is -2.76. The summed E-state index contributed by atoms with van der Waals surface area (Å²) in [5, 5.41) is 16.5. The number of hydrogen-bond acceptors (Lipinski definition) is 7. The Morgan fingerprint density at radius 2 is 1.63 bits per heavy atom. The van der Waals surface area contributed by atoms with Crippen molar-refractivity contribution in [1.29, 1.82) is 0 Å². The molecular formula is C40H37N5O6. The van der Waals surface area contributed by atoms with Crippen LogP contribution in [0.2, 0.25) is 0 Å². The maximum atomic E-state index is 14.5. The number of benzene rings is 4. The summed E-state index contributed by atoms with van der Waals surface area (Å²) in [6.45, 7) is 4.27. The first-order valence-electron chi connectivity index (χ1n) is 16.8.